The highest BCUT2D eigenvalue weighted by Gasteiger charge is 2.24. The van der Waals surface area contributed by atoms with Crippen molar-refractivity contribution >= 4 is 28.4 Å². The number of likely N-dealkylation sites (tertiary alicyclic amines) is 1. The van der Waals surface area contributed by atoms with Gasteiger partial charge in [0.15, 0.2) is 0 Å². The number of anilines is 1. The molecule has 0 saturated carbocycles. The Labute approximate surface area is 211 Å². The number of benzene rings is 2. The SMILES string of the molecule is Nc1ccc2c(c1)CCCC(c1cncc(Cl)c1)=C2c1ccc(OC2CCN(CCCF)C2)cc1. The molecule has 2 heterocycles. The number of pyridine rings is 1. The van der Waals surface area contributed by atoms with Crippen molar-refractivity contribution in [3.8, 4) is 5.75 Å². The van der Waals surface area contributed by atoms with E-state index in [2.05, 4.69) is 46.3 Å². The maximum Gasteiger partial charge on any atom is 0.119 e. The fraction of sp³-hybridized carbons (Fsp3) is 0.345. The van der Waals surface area contributed by atoms with Crippen molar-refractivity contribution in [2.75, 3.05) is 32.0 Å². The van der Waals surface area contributed by atoms with Crippen molar-refractivity contribution in [3.63, 3.8) is 0 Å². The highest BCUT2D eigenvalue weighted by molar-refractivity contribution is 6.30. The molecule has 2 N–H and O–H groups in total. The highest BCUT2D eigenvalue weighted by Crippen LogP contribution is 2.41. The Morgan fingerprint density at radius 2 is 1.91 bits per heavy atom. The van der Waals surface area contributed by atoms with E-state index in [1.54, 1.807) is 6.20 Å². The predicted octanol–water partition coefficient (Wildman–Crippen LogP) is 6.43. The minimum Gasteiger partial charge on any atom is -0.489 e. The van der Waals surface area contributed by atoms with Crippen LogP contribution in [0.25, 0.3) is 11.1 Å². The molecule has 0 bridgehead atoms. The van der Waals surface area contributed by atoms with Gasteiger partial charge >= 0.3 is 0 Å². The Kier molecular flexibility index (Phi) is 7.35. The number of allylic oxidation sites excluding steroid dienone is 1. The first-order valence-corrected chi connectivity index (χ1v) is 12.8. The van der Waals surface area contributed by atoms with Gasteiger partial charge < -0.3 is 10.5 Å². The second-order valence-corrected chi connectivity index (χ2v) is 9.85. The van der Waals surface area contributed by atoms with Crippen LogP contribution in [0.15, 0.2) is 60.9 Å². The molecule has 1 saturated heterocycles. The van der Waals surface area contributed by atoms with E-state index in [9.17, 15) is 4.39 Å². The quantitative estimate of drug-likeness (QED) is 0.387. The highest BCUT2D eigenvalue weighted by atomic mass is 35.5. The van der Waals surface area contributed by atoms with Crippen LogP contribution < -0.4 is 10.5 Å². The van der Waals surface area contributed by atoms with E-state index in [4.69, 9.17) is 22.1 Å². The molecule has 2 aromatic carbocycles. The van der Waals surface area contributed by atoms with Gasteiger partial charge in [-0.25, -0.2) is 0 Å². The average Bonchev–Trinajstić information content (AvgIpc) is 3.22. The van der Waals surface area contributed by atoms with Crippen molar-refractivity contribution in [3.05, 3.63) is 88.2 Å². The molecule has 2 aliphatic rings. The molecule has 182 valence electrons. The molecule has 0 spiro atoms. The molecule has 1 atom stereocenters. The number of hydrogen-bond acceptors (Lipinski definition) is 4. The minimum atomic E-state index is -0.262. The number of aryl methyl sites for hydroxylation is 1. The van der Waals surface area contributed by atoms with Crippen LogP contribution >= 0.6 is 11.6 Å². The van der Waals surface area contributed by atoms with E-state index in [1.807, 2.05) is 18.3 Å². The third kappa shape index (κ3) is 5.52. The number of ether oxygens (including phenoxy) is 1. The second-order valence-electron chi connectivity index (χ2n) is 9.41. The molecule has 0 amide bonds. The maximum absolute atomic E-state index is 12.5. The van der Waals surface area contributed by atoms with E-state index < -0.39 is 0 Å². The van der Waals surface area contributed by atoms with Crippen LogP contribution in [0.2, 0.25) is 5.02 Å². The number of nitrogens with zero attached hydrogens (tertiary/aromatic N) is 2. The number of nitrogens with two attached hydrogens (primary N) is 1. The Balaban J connectivity index is 1.47. The molecule has 6 heteroatoms. The van der Waals surface area contributed by atoms with E-state index in [-0.39, 0.29) is 12.8 Å². The monoisotopic (exact) mass is 491 g/mol. The van der Waals surface area contributed by atoms with Crippen molar-refractivity contribution < 1.29 is 9.13 Å². The maximum atomic E-state index is 12.5. The molecular formula is C29H31ClFN3O. The molecule has 0 radical (unpaired) electrons. The van der Waals surface area contributed by atoms with Gasteiger partial charge in [0.25, 0.3) is 0 Å². The van der Waals surface area contributed by atoms with Gasteiger partial charge in [-0.3, -0.25) is 14.3 Å². The summed E-state index contributed by atoms with van der Waals surface area (Å²) in [6, 6.07) is 16.6. The van der Waals surface area contributed by atoms with Crippen molar-refractivity contribution in [1.29, 1.82) is 0 Å². The Hall–Kier alpha value is -2.89. The van der Waals surface area contributed by atoms with E-state index in [1.165, 1.54) is 22.3 Å². The fourth-order valence-corrected chi connectivity index (χ4v) is 5.45. The summed E-state index contributed by atoms with van der Waals surface area (Å²) in [6.45, 7) is 2.36. The van der Waals surface area contributed by atoms with Gasteiger partial charge in [-0.2, -0.15) is 0 Å². The number of hydrogen-bond donors (Lipinski definition) is 1. The fourth-order valence-electron chi connectivity index (χ4n) is 5.28. The number of halogens is 2. The van der Waals surface area contributed by atoms with E-state index in [0.717, 1.165) is 67.9 Å². The largest absolute Gasteiger partial charge is 0.489 e. The first-order chi connectivity index (χ1) is 17.1. The standard InChI is InChI=1S/C29H31ClFN3O/c30-23-15-22(17-33-18-23)27-4-1-3-21-16-24(32)7-10-28(21)29(27)20-5-8-25(9-6-20)35-26-11-14-34(19-26)13-2-12-31/h5-10,15-18,26H,1-4,11-14,19,32H2. The summed E-state index contributed by atoms with van der Waals surface area (Å²) in [6.07, 6.45) is 8.22. The Bertz CT molecular complexity index is 1210. The third-order valence-electron chi connectivity index (χ3n) is 6.91. The van der Waals surface area contributed by atoms with Gasteiger partial charge in [0.1, 0.15) is 11.9 Å². The normalized spacial score (nSPS) is 18.4. The summed E-state index contributed by atoms with van der Waals surface area (Å²) >= 11 is 6.32. The summed E-state index contributed by atoms with van der Waals surface area (Å²) in [5.41, 5.74) is 14.0. The van der Waals surface area contributed by atoms with Gasteiger partial charge in [0.05, 0.1) is 11.7 Å². The molecule has 1 aromatic heterocycles. The zero-order chi connectivity index (χ0) is 24.2. The minimum absolute atomic E-state index is 0.148. The van der Waals surface area contributed by atoms with Crippen LogP contribution in [0.4, 0.5) is 10.1 Å². The van der Waals surface area contributed by atoms with Crippen molar-refractivity contribution in [2.45, 2.75) is 38.2 Å². The van der Waals surface area contributed by atoms with Gasteiger partial charge in [-0.15, -0.1) is 0 Å². The summed E-state index contributed by atoms with van der Waals surface area (Å²) < 4.78 is 18.8. The number of fused-ring (bicyclic) bond motifs is 1. The lowest BCUT2D eigenvalue weighted by atomic mass is 9.88. The molecule has 4 nitrogen and oxygen atoms in total. The van der Waals surface area contributed by atoms with E-state index >= 15 is 0 Å². The molecule has 3 aromatic rings. The molecule has 1 aliphatic heterocycles. The lowest BCUT2D eigenvalue weighted by molar-refractivity contribution is 0.198. The number of aromatic nitrogens is 1. The second kappa shape index (κ2) is 10.8. The molecule has 5 rings (SSSR count). The zero-order valence-electron chi connectivity index (χ0n) is 19.9. The average molecular weight is 492 g/mol. The van der Waals surface area contributed by atoms with Crippen LogP contribution in [0.3, 0.4) is 0 Å². The van der Waals surface area contributed by atoms with Crippen LogP contribution in [-0.4, -0.2) is 42.3 Å². The number of alkyl halides is 1. The lowest BCUT2D eigenvalue weighted by Crippen LogP contribution is -2.26. The van der Waals surface area contributed by atoms with Crippen molar-refractivity contribution in [1.82, 2.24) is 9.88 Å². The van der Waals surface area contributed by atoms with Crippen LogP contribution in [0.5, 0.6) is 5.75 Å². The van der Waals surface area contributed by atoms with Gasteiger partial charge in [0.2, 0.25) is 0 Å². The molecule has 35 heavy (non-hydrogen) atoms. The van der Waals surface area contributed by atoms with Crippen LogP contribution in [0.1, 0.15) is 47.9 Å². The van der Waals surface area contributed by atoms with Crippen LogP contribution in [0, 0.1) is 0 Å². The first-order valence-electron chi connectivity index (χ1n) is 12.4. The lowest BCUT2D eigenvalue weighted by Gasteiger charge is -2.18. The molecule has 1 fully saturated rings. The zero-order valence-corrected chi connectivity index (χ0v) is 20.6. The molecular weight excluding hydrogens is 461 g/mol. The Morgan fingerprint density at radius 1 is 1.06 bits per heavy atom. The number of rotatable bonds is 7. The first kappa shape index (κ1) is 23.8. The van der Waals surface area contributed by atoms with Gasteiger partial charge in [-0.05, 0) is 95.8 Å². The summed E-state index contributed by atoms with van der Waals surface area (Å²) in [4.78, 5) is 6.63. The van der Waals surface area contributed by atoms with Crippen molar-refractivity contribution in [2.24, 2.45) is 0 Å². The molecule has 1 aliphatic carbocycles. The summed E-state index contributed by atoms with van der Waals surface area (Å²) in [7, 11) is 0. The Morgan fingerprint density at radius 3 is 2.71 bits per heavy atom. The van der Waals surface area contributed by atoms with E-state index in [0.29, 0.717) is 11.4 Å². The third-order valence-corrected chi connectivity index (χ3v) is 7.12. The predicted molar refractivity (Wildman–Crippen MR) is 141 cm³/mol. The van der Waals surface area contributed by atoms with Gasteiger partial charge in [-0.1, -0.05) is 29.8 Å². The van der Waals surface area contributed by atoms with Crippen LogP contribution in [-0.2, 0) is 6.42 Å². The smallest absolute Gasteiger partial charge is 0.119 e. The molecule has 1 unspecified atom stereocenters. The summed E-state index contributed by atoms with van der Waals surface area (Å²) in [5, 5.41) is 0.636. The number of nitrogen functional groups attached to an aromatic ring is 1. The topological polar surface area (TPSA) is 51.4 Å². The summed E-state index contributed by atoms with van der Waals surface area (Å²) in [5.74, 6) is 0.865. The van der Waals surface area contributed by atoms with Gasteiger partial charge in [0, 0.05) is 37.7 Å².